The van der Waals surface area contributed by atoms with Crippen LogP contribution in [0.25, 0.3) is 0 Å². The number of benzene rings is 1. The second-order valence-electron chi connectivity index (χ2n) is 7.46. The monoisotopic (exact) mass is 398 g/mol. The van der Waals surface area contributed by atoms with Crippen LogP contribution in [-0.2, 0) is 14.4 Å². The molecule has 2 aliphatic rings. The highest BCUT2D eigenvalue weighted by atomic mass is 19.4. The standard InChI is InChI=1S/C19H21F3N2O4/c1-10-4-3-5-15(11(10)2)24-7-12(6-16(24)25)17(26)23-8-13(18(27)28)14(9-23)19(20,21)22/h3-5,12-14H,6-9H2,1-2H3,(H,27,28)/t12?,13-,14-/m1/s1. The Bertz CT molecular complexity index is 824. The summed E-state index contributed by atoms with van der Waals surface area (Å²) in [7, 11) is 0. The molecule has 3 atom stereocenters. The Kier molecular flexibility index (Phi) is 5.12. The molecular formula is C19H21F3N2O4. The number of hydrogen-bond donors (Lipinski definition) is 1. The molecule has 2 amide bonds. The summed E-state index contributed by atoms with van der Waals surface area (Å²) in [6.07, 6.45) is -4.80. The fraction of sp³-hybridized carbons (Fsp3) is 0.526. The van der Waals surface area contributed by atoms with Crippen molar-refractivity contribution in [2.45, 2.75) is 26.4 Å². The molecule has 1 N–H and O–H groups in total. The van der Waals surface area contributed by atoms with E-state index in [0.29, 0.717) is 5.69 Å². The Balaban J connectivity index is 1.76. The number of nitrogens with zero attached hydrogens (tertiary/aromatic N) is 2. The average Bonchev–Trinajstić information content (AvgIpc) is 3.21. The van der Waals surface area contributed by atoms with E-state index >= 15 is 0 Å². The summed E-state index contributed by atoms with van der Waals surface area (Å²) in [5.74, 6) is -7.00. The van der Waals surface area contributed by atoms with Gasteiger partial charge in [-0.3, -0.25) is 14.4 Å². The molecule has 0 aromatic heterocycles. The molecule has 1 unspecified atom stereocenters. The normalized spacial score (nSPS) is 25.5. The van der Waals surface area contributed by atoms with E-state index in [9.17, 15) is 27.6 Å². The van der Waals surface area contributed by atoms with Gasteiger partial charge in [-0.1, -0.05) is 12.1 Å². The summed E-state index contributed by atoms with van der Waals surface area (Å²) in [4.78, 5) is 38.8. The molecule has 0 aliphatic carbocycles. The number of alkyl halides is 3. The van der Waals surface area contributed by atoms with Gasteiger partial charge in [0.1, 0.15) is 0 Å². The third-order valence-electron chi connectivity index (χ3n) is 5.71. The highest BCUT2D eigenvalue weighted by Gasteiger charge is 2.54. The number of halogens is 3. The molecule has 0 radical (unpaired) electrons. The smallest absolute Gasteiger partial charge is 0.394 e. The van der Waals surface area contributed by atoms with Gasteiger partial charge in [0, 0.05) is 31.7 Å². The first-order valence-corrected chi connectivity index (χ1v) is 8.95. The van der Waals surface area contributed by atoms with E-state index in [1.165, 1.54) is 4.90 Å². The van der Waals surface area contributed by atoms with Crippen LogP contribution in [-0.4, -0.2) is 53.6 Å². The Morgan fingerprint density at radius 1 is 1.14 bits per heavy atom. The van der Waals surface area contributed by atoms with Crippen molar-refractivity contribution in [1.29, 1.82) is 0 Å². The molecule has 3 rings (SSSR count). The van der Waals surface area contributed by atoms with E-state index in [4.69, 9.17) is 5.11 Å². The fourth-order valence-electron chi connectivity index (χ4n) is 3.96. The number of carboxylic acid groups (broad SMARTS) is 1. The second kappa shape index (κ2) is 7.10. The Hall–Kier alpha value is -2.58. The van der Waals surface area contributed by atoms with Crippen LogP contribution in [0.1, 0.15) is 17.5 Å². The summed E-state index contributed by atoms with van der Waals surface area (Å²) in [6.45, 7) is 2.65. The number of rotatable bonds is 3. The number of likely N-dealkylation sites (tertiary alicyclic amines) is 1. The summed E-state index contributed by atoms with van der Waals surface area (Å²) in [5, 5.41) is 9.10. The number of aryl methyl sites for hydroxylation is 1. The van der Waals surface area contributed by atoms with Crippen LogP contribution in [0, 0.1) is 31.6 Å². The highest BCUT2D eigenvalue weighted by molar-refractivity contribution is 6.01. The van der Waals surface area contributed by atoms with Gasteiger partial charge >= 0.3 is 12.1 Å². The maximum Gasteiger partial charge on any atom is 0.394 e. The molecule has 0 bridgehead atoms. The number of carboxylic acids is 1. The van der Waals surface area contributed by atoms with Crippen molar-refractivity contribution in [3.8, 4) is 0 Å². The Labute approximate surface area is 159 Å². The predicted octanol–water partition coefficient (Wildman–Crippen LogP) is 2.38. The maximum absolute atomic E-state index is 13.1. The first-order chi connectivity index (χ1) is 13.0. The van der Waals surface area contributed by atoms with Crippen LogP contribution in [0.4, 0.5) is 18.9 Å². The number of aliphatic carboxylic acids is 1. The largest absolute Gasteiger partial charge is 0.481 e. The zero-order valence-electron chi connectivity index (χ0n) is 15.5. The molecule has 9 heteroatoms. The van der Waals surface area contributed by atoms with Gasteiger partial charge in [-0.15, -0.1) is 0 Å². The molecule has 0 spiro atoms. The molecule has 0 saturated carbocycles. The fourth-order valence-corrected chi connectivity index (χ4v) is 3.96. The quantitative estimate of drug-likeness (QED) is 0.848. The topological polar surface area (TPSA) is 77.9 Å². The first kappa shape index (κ1) is 20.2. The zero-order valence-corrected chi connectivity index (χ0v) is 15.5. The first-order valence-electron chi connectivity index (χ1n) is 8.95. The number of carbonyl (C=O) groups excluding carboxylic acids is 2. The molecule has 2 heterocycles. The average molecular weight is 398 g/mol. The van der Waals surface area contributed by atoms with Gasteiger partial charge in [-0.2, -0.15) is 13.2 Å². The molecule has 2 saturated heterocycles. The highest BCUT2D eigenvalue weighted by Crippen LogP contribution is 2.39. The minimum atomic E-state index is -4.70. The lowest BCUT2D eigenvalue weighted by Gasteiger charge is -2.22. The lowest BCUT2D eigenvalue weighted by Crippen LogP contribution is -2.37. The second-order valence-corrected chi connectivity index (χ2v) is 7.46. The van der Waals surface area contributed by atoms with Gasteiger partial charge in [0.05, 0.1) is 17.8 Å². The third kappa shape index (κ3) is 3.57. The van der Waals surface area contributed by atoms with Crippen molar-refractivity contribution in [3.05, 3.63) is 29.3 Å². The van der Waals surface area contributed by atoms with Crippen molar-refractivity contribution in [2.24, 2.45) is 17.8 Å². The van der Waals surface area contributed by atoms with Crippen molar-refractivity contribution in [1.82, 2.24) is 4.90 Å². The van der Waals surface area contributed by atoms with Crippen LogP contribution < -0.4 is 4.90 Å². The number of hydrogen-bond acceptors (Lipinski definition) is 3. The third-order valence-corrected chi connectivity index (χ3v) is 5.71. The molecule has 6 nitrogen and oxygen atoms in total. The Morgan fingerprint density at radius 3 is 2.39 bits per heavy atom. The minimum absolute atomic E-state index is 0.0763. The molecule has 152 valence electrons. The van der Waals surface area contributed by atoms with Crippen LogP contribution in [0.2, 0.25) is 0 Å². The van der Waals surface area contributed by atoms with Crippen LogP contribution >= 0.6 is 0 Å². The lowest BCUT2D eigenvalue weighted by atomic mass is 9.96. The molecule has 28 heavy (non-hydrogen) atoms. The van der Waals surface area contributed by atoms with Gasteiger partial charge in [-0.05, 0) is 31.0 Å². The van der Waals surface area contributed by atoms with E-state index in [1.54, 1.807) is 12.1 Å². The van der Waals surface area contributed by atoms with E-state index in [2.05, 4.69) is 0 Å². The predicted molar refractivity (Wildman–Crippen MR) is 93.6 cm³/mol. The zero-order chi connectivity index (χ0) is 20.8. The number of amides is 2. The SMILES string of the molecule is Cc1cccc(N2CC(C(=O)N3C[C@@H](C(F)(F)F)[C@H](C(=O)O)C3)CC2=O)c1C. The van der Waals surface area contributed by atoms with Crippen LogP contribution in [0.5, 0.6) is 0 Å². The van der Waals surface area contributed by atoms with Gasteiger partial charge in [0.2, 0.25) is 11.8 Å². The summed E-state index contributed by atoms with van der Waals surface area (Å²) in [5.41, 5.74) is 2.56. The van der Waals surface area contributed by atoms with Crippen LogP contribution in [0.15, 0.2) is 18.2 Å². The number of carbonyl (C=O) groups is 3. The van der Waals surface area contributed by atoms with E-state index in [-0.39, 0.29) is 18.9 Å². The molecular weight excluding hydrogens is 377 g/mol. The van der Waals surface area contributed by atoms with Crippen molar-refractivity contribution in [2.75, 3.05) is 24.5 Å². The maximum atomic E-state index is 13.1. The molecule has 1 aromatic carbocycles. The van der Waals surface area contributed by atoms with Crippen molar-refractivity contribution >= 4 is 23.5 Å². The van der Waals surface area contributed by atoms with Gasteiger partial charge in [-0.25, -0.2) is 0 Å². The van der Waals surface area contributed by atoms with E-state index in [0.717, 1.165) is 16.0 Å². The number of anilines is 1. The van der Waals surface area contributed by atoms with E-state index < -0.39 is 48.9 Å². The summed E-state index contributed by atoms with van der Waals surface area (Å²) < 4.78 is 39.4. The van der Waals surface area contributed by atoms with Crippen molar-refractivity contribution in [3.63, 3.8) is 0 Å². The molecule has 2 aliphatic heterocycles. The molecule has 1 aromatic rings. The molecule has 2 fully saturated rings. The Morgan fingerprint density at radius 2 is 1.82 bits per heavy atom. The lowest BCUT2D eigenvalue weighted by molar-refractivity contribution is -0.188. The van der Waals surface area contributed by atoms with Crippen LogP contribution in [0.3, 0.4) is 0 Å². The van der Waals surface area contributed by atoms with Gasteiger partial charge in [0.15, 0.2) is 0 Å². The summed E-state index contributed by atoms with van der Waals surface area (Å²) >= 11 is 0. The summed E-state index contributed by atoms with van der Waals surface area (Å²) in [6, 6.07) is 5.46. The van der Waals surface area contributed by atoms with Crippen molar-refractivity contribution < 1.29 is 32.7 Å². The van der Waals surface area contributed by atoms with Gasteiger partial charge < -0.3 is 14.9 Å². The van der Waals surface area contributed by atoms with E-state index in [1.807, 2.05) is 19.9 Å². The minimum Gasteiger partial charge on any atom is -0.481 e. The van der Waals surface area contributed by atoms with Gasteiger partial charge in [0.25, 0.3) is 0 Å².